The summed E-state index contributed by atoms with van der Waals surface area (Å²) in [5.74, 6) is 1.71. The van der Waals surface area contributed by atoms with E-state index in [2.05, 4.69) is 5.32 Å². The van der Waals surface area contributed by atoms with Gasteiger partial charge in [0.2, 0.25) is 5.91 Å². The monoisotopic (exact) mass is 341 g/mol. The minimum absolute atomic E-state index is 0.104. The van der Waals surface area contributed by atoms with Gasteiger partial charge in [-0.25, -0.2) is 0 Å². The summed E-state index contributed by atoms with van der Waals surface area (Å²) in [6.07, 6.45) is 3.32. The van der Waals surface area contributed by atoms with Gasteiger partial charge in [-0.2, -0.15) is 0 Å². The van der Waals surface area contributed by atoms with Crippen molar-refractivity contribution in [2.75, 3.05) is 19.5 Å². The molecule has 0 heterocycles. The second-order valence-electron chi connectivity index (χ2n) is 5.63. The fraction of sp³-hybridized carbons (Fsp3) is 0.250. The van der Waals surface area contributed by atoms with E-state index in [1.54, 1.807) is 38.5 Å². The molecule has 0 atom stereocenters. The number of anilines is 1. The third-order valence-corrected chi connectivity index (χ3v) is 3.31. The number of carbonyl (C=O) groups is 1. The molecule has 5 nitrogen and oxygen atoms in total. The number of nitrogens with one attached hydrogen (secondary N) is 1. The Kier molecular flexibility index (Phi) is 6.46. The van der Waals surface area contributed by atoms with E-state index in [1.807, 2.05) is 38.1 Å². The summed E-state index contributed by atoms with van der Waals surface area (Å²) in [5.41, 5.74) is 1.52. The molecular weight excluding hydrogens is 318 g/mol. The second-order valence-corrected chi connectivity index (χ2v) is 5.63. The minimum Gasteiger partial charge on any atom is -0.493 e. The van der Waals surface area contributed by atoms with Gasteiger partial charge in [-0.05, 0) is 49.8 Å². The van der Waals surface area contributed by atoms with E-state index >= 15 is 0 Å². The number of ether oxygens (including phenoxy) is 3. The maximum atomic E-state index is 12.1. The van der Waals surface area contributed by atoms with Crippen molar-refractivity contribution in [3.8, 4) is 17.2 Å². The van der Waals surface area contributed by atoms with E-state index in [4.69, 9.17) is 14.2 Å². The predicted octanol–water partition coefficient (Wildman–Crippen LogP) is 4.14. The standard InChI is InChI=1S/C20H23NO4/c1-14(2)25-17-7-5-6-15(12-17)8-11-20(22)21-16-9-10-18(23-3)19(13-16)24-4/h5-14H,1-4H3,(H,21,22)/b11-8+. The maximum absolute atomic E-state index is 12.1. The third-order valence-electron chi connectivity index (χ3n) is 3.31. The summed E-state index contributed by atoms with van der Waals surface area (Å²) in [6.45, 7) is 3.94. The van der Waals surface area contributed by atoms with E-state index < -0.39 is 0 Å². The molecule has 5 heteroatoms. The Morgan fingerprint density at radius 3 is 2.48 bits per heavy atom. The van der Waals surface area contributed by atoms with E-state index in [9.17, 15) is 4.79 Å². The normalized spacial score (nSPS) is 10.8. The molecule has 0 saturated heterocycles. The van der Waals surface area contributed by atoms with Crippen LogP contribution in [0, 0.1) is 0 Å². The van der Waals surface area contributed by atoms with Gasteiger partial charge in [0.05, 0.1) is 20.3 Å². The van der Waals surface area contributed by atoms with Gasteiger partial charge < -0.3 is 19.5 Å². The molecular formula is C20H23NO4. The zero-order valence-corrected chi connectivity index (χ0v) is 14.9. The molecule has 0 radical (unpaired) electrons. The number of hydrogen-bond donors (Lipinski definition) is 1. The number of methoxy groups -OCH3 is 2. The van der Waals surface area contributed by atoms with Crippen LogP contribution in [0.25, 0.3) is 6.08 Å². The van der Waals surface area contributed by atoms with Crippen molar-refractivity contribution >= 4 is 17.7 Å². The van der Waals surface area contributed by atoms with Gasteiger partial charge in [-0.1, -0.05) is 12.1 Å². The summed E-state index contributed by atoms with van der Waals surface area (Å²) >= 11 is 0. The number of rotatable bonds is 7. The van der Waals surface area contributed by atoms with E-state index in [0.717, 1.165) is 11.3 Å². The zero-order chi connectivity index (χ0) is 18.2. The molecule has 0 aliphatic rings. The first kappa shape index (κ1) is 18.4. The molecule has 0 saturated carbocycles. The van der Waals surface area contributed by atoms with Crippen LogP contribution in [0.2, 0.25) is 0 Å². The number of hydrogen-bond acceptors (Lipinski definition) is 4. The van der Waals surface area contributed by atoms with Gasteiger partial charge >= 0.3 is 0 Å². The lowest BCUT2D eigenvalue weighted by molar-refractivity contribution is -0.111. The summed E-state index contributed by atoms with van der Waals surface area (Å²) in [7, 11) is 3.12. The van der Waals surface area contributed by atoms with E-state index in [1.165, 1.54) is 6.08 Å². The van der Waals surface area contributed by atoms with Crippen molar-refractivity contribution in [2.24, 2.45) is 0 Å². The van der Waals surface area contributed by atoms with Gasteiger partial charge in [0.15, 0.2) is 11.5 Å². The first-order chi connectivity index (χ1) is 12.0. The summed E-state index contributed by atoms with van der Waals surface area (Å²) < 4.78 is 16.0. The summed E-state index contributed by atoms with van der Waals surface area (Å²) in [4.78, 5) is 12.1. The first-order valence-electron chi connectivity index (χ1n) is 7.99. The molecule has 2 aromatic rings. The van der Waals surface area contributed by atoms with E-state index in [-0.39, 0.29) is 12.0 Å². The number of benzene rings is 2. The molecule has 0 aliphatic heterocycles. The molecule has 0 unspecified atom stereocenters. The van der Waals surface area contributed by atoms with Gasteiger partial charge in [0, 0.05) is 17.8 Å². The highest BCUT2D eigenvalue weighted by atomic mass is 16.5. The smallest absolute Gasteiger partial charge is 0.248 e. The molecule has 2 rings (SSSR count). The van der Waals surface area contributed by atoms with Crippen LogP contribution in [-0.2, 0) is 4.79 Å². The topological polar surface area (TPSA) is 56.8 Å². The SMILES string of the molecule is COc1ccc(NC(=O)/C=C/c2cccc(OC(C)C)c2)cc1OC. The Hall–Kier alpha value is -2.95. The Morgan fingerprint density at radius 2 is 1.80 bits per heavy atom. The van der Waals surface area contributed by atoms with Crippen LogP contribution >= 0.6 is 0 Å². The maximum Gasteiger partial charge on any atom is 0.248 e. The summed E-state index contributed by atoms with van der Waals surface area (Å²) in [6, 6.07) is 12.8. The second kappa shape index (κ2) is 8.78. The summed E-state index contributed by atoms with van der Waals surface area (Å²) in [5, 5.41) is 2.79. The van der Waals surface area contributed by atoms with Crippen molar-refractivity contribution in [3.63, 3.8) is 0 Å². The predicted molar refractivity (Wildman–Crippen MR) is 99.4 cm³/mol. The molecule has 25 heavy (non-hydrogen) atoms. The molecule has 1 amide bonds. The number of amides is 1. The Balaban J connectivity index is 2.03. The quantitative estimate of drug-likeness (QED) is 0.769. The lowest BCUT2D eigenvalue weighted by Gasteiger charge is -2.10. The Morgan fingerprint density at radius 1 is 1.04 bits per heavy atom. The molecule has 0 aromatic heterocycles. The highest BCUT2D eigenvalue weighted by Crippen LogP contribution is 2.29. The molecule has 1 N–H and O–H groups in total. The molecule has 0 aliphatic carbocycles. The molecule has 0 spiro atoms. The van der Waals surface area contributed by atoms with Crippen LogP contribution in [0.4, 0.5) is 5.69 Å². The fourth-order valence-electron chi connectivity index (χ4n) is 2.23. The minimum atomic E-state index is -0.234. The average Bonchev–Trinajstić information content (AvgIpc) is 2.59. The fourth-order valence-corrected chi connectivity index (χ4v) is 2.23. The van der Waals surface area contributed by atoms with Crippen LogP contribution in [0.3, 0.4) is 0 Å². The van der Waals surface area contributed by atoms with Crippen molar-refractivity contribution in [2.45, 2.75) is 20.0 Å². The van der Waals surface area contributed by atoms with Crippen LogP contribution < -0.4 is 19.5 Å². The highest BCUT2D eigenvalue weighted by Gasteiger charge is 2.06. The van der Waals surface area contributed by atoms with Crippen LogP contribution in [0.1, 0.15) is 19.4 Å². The van der Waals surface area contributed by atoms with E-state index in [0.29, 0.717) is 17.2 Å². The van der Waals surface area contributed by atoms with Crippen molar-refractivity contribution < 1.29 is 19.0 Å². The zero-order valence-electron chi connectivity index (χ0n) is 14.9. The van der Waals surface area contributed by atoms with Gasteiger partial charge in [0.25, 0.3) is 0 Å². The molecule has 2 aromatic carbocycles. The first-order valence-corrected chi connectivity index (χ1v) is 7.99. The molecule has 0 bridgehead atoms. The van der Waals surface area contributed by atoms with Crippen molar-refractivity contribution in [1.29, 1.82) is 0 Å². The van der Waals surface area contributed by atoms with Crippen molar-refractivity contribution in [1.82, 2.24) is 0 Å². The number of carbonyl (C=O) groups excluding carboxylic acids is 1. The van der Waals surface area contributed by atoms with Crippen LogP contribution in [0.5, 0.6) is 17.2 Å². The van der Waals surface area contributed by atoms with Gasteiger partial charge in [0.1, 0.15) is 5.75 Å². The Bertz CT molecular complexity index is 753. The molecule has 132 valence electrons. The lowest BCUT2D eigenvalue weighted by atomic mass is 10.2. The third kappa shape index (κ3) is 5.57. The average molecular weight is 341 g/mol. The Labute approximate surface area is 148 Å². The van der Waals surface area contributed by atoms with Crippen LogP contribution in [0.15, 0.2) is 48.5 Å². The van der Waals surface area contributed by atoms with Crippen LogP contribution in [-0.4, -0.2) is 26.2 Å². The van der Waals surface area contributed by atoms with Gasteiger partial charge in [-0.15, -0.1) is 0 Å². The largest absolute Gasteiger partial charge is 0.493 e. The van der Waals surface area contributed by atoms with Crippen molar-refractivity contribution in [3.05, 3.63) is 54.1 Å². The highest BCUT2D eigenvalue weighted by molar-refractivity contribution is 6.02. The lowest BCUT2D eigenvalue weighted by Crippen LogP contribution is -2.08. The molecule has 0 fully saturated rings. The van der Waals surface area contributed by atoms with Gasteiger partial charge in [-0.3, -0.25) is 4.79 Å².